The Morgan fingerprint density at radius 3 is 2.23 bits per heavy atom. The van der Waals surface area contributed by atoms with Crippen molar-refractivity contribution in [2.24, 2.45) is 4.99 Å². The van der Waals surface area contributed by atoms with Crippen LogP contribution in [0.25, 0.3) is 22.5 Å². The van der Waals surface area contributed by atoms with Gasteiger partial charge in [-0.2, -0.15) is 5.26 Å². The molecule has 0 spiro atoms. The number of aliphatic imine (C=N–C) groups is 1. The number of ether oxygens (including phenoxy) is 2. The summed E-state index contributed by atoms with van der Waals surface area (Å²) in [7, 11) is 0. The van der Waals surface area contributed by atoms with Gasteiger partial charge in [-0.25, -0.2) is 4.99 Å². The van der Waals surface area contributed by atoms with Crippen molar-refractivity contribution in [1.82, 2.24) is 0 Å². The fourth-order valence-corrected chi connectivity index (χ4v) is 4.37. The van der Waals surface area contributed by atoms with E-state index in [1.54, 1.807) is 6.21 Å². The standard InChI is InChI=1S/C33H25ClN2O3/c1-2-37-30-19-23(17-18-29(30)38-22-26-15-9-10-16-28(26)34)21-36-33-27(20-35)31(24-11-5-3-6-12-24)32(39-33)25-13-7-4-8-14-25/h3-19,21H,2,22H2,1H3. The number of halogens is 1. The monoisotopic (exact) mass is 532 g/mol. The summed E-state index contributed by atoms with van der Waals surface area (Å²) >= 11 is 6.27. The summed E-state index contributed by atoms with van der Waals surface area (Å²) in [6, 6.07) is 34.9. The fourth-order valence-electron chi connectivity index (χ4n) is 4.18. The van der Waals surface area contributed by atoms with E-state index < -0.39 is 0 Å². The molecule has 39 heavy (non-hydrogen) atoms. The molecular weight excluding hydrogens is 508 g/mol. The van der Waals surface area contributed by atoms with Crippen molar-refractivity contribution in [1.29, 1.82) is 5.26 Å². The lowest BCUT2D eigenvalue weighted by molar-refractivity contribution is 0.269. The summed E-state index contributed by atoms with van der Waals surface area (Å²) in [5, 5.41) is 10.8. The van der Waals surface area contributed by atoms with Crippen molar-refractivity contribution in [3.63, 3.8) is 0 Å². The van der Waals surface area contributed by atoms with Gasteiger partial charge in [0.2, 0.25) is 5.88 Å². The molecule has 5 nitrogen and oxygen atoms in total. The lowest BCUT2D eigenvalue weighted by Crippen LogP contribution is -2.01. The first-order valence-corrected chi connectivity index (χ1v) is 12.9. The predicted molar refractivity (Wildman–Crippen MR) is 155 cm³/mol. The van der Waals surface area contributed by atoms with E-state index in [1.807, 2.05) is 110 Å². The molecule has 0 atom stereocenters. The van der Waals surface area contributed by atoms with Gasteiger partial charge in [0.15, 0.2) is 11.5 Å². The van der Waals surface area contributed by atoms with Crippen molar-refractivity contribution in [3.05, 3.63) is 125 Å². The molecule has 0 N–H and O–H groups in total. The van der Waals surface area contributed by atoms with E-state index in [9.17, 15) is 5.26 Å². The van der Waals surface area contributed by atoms with Crippen molar-refractivity contribution in [2.75, 3.05) is 6.61 Å². The van der Waals surface area contributed by atoms with Crippen LogP contribution in [-0.2, 0) is 6.61 Å². The minimum atomic E-state index is 0.243. The molecule has 0 aliphatic carbocycles. The molecule has 5 rings (SSSR count). The van der Waals surface area contributed by atoms with Crippen LogP contribution in [0.5, 0.6) is 11.5 Å². The molecule has 4 aromatic carbocycles. The molecule has 0 aliphatic rings. The molecule has 0 saturated heterocycles. The molecule has 5 aromatic rings. The zero-order valence-electron chi connectivity index (χ0n) is 21.3. The molecular formula is C33H25ClN2O3. The zero-order chi connectivity index (χ0) is 27.0. The maximum absolute atomic E-state index is 10.1. The van der Waals surface area contributed by atoms with Gasteiger partial charge in [0, 0.05) is 27.9 Å². The maximum atomic E-state index is 10.1. The van der Waals surface area contributed by atoms with Crippen molar-refractivity contribution >= 4 is 23.7 Å². The smallest absolute Gasteiger partial charge is 0.238 e. The summed E-state index contributed by atoms with van der Waals surface area (Å²) in [5.74, 6) is 2.03. The Bertz CT molecular complexity index is 1640. The highest BCUT2D eigenvalue weighted by atomic mass is 35.5. The van der Waals surface area contributed by atoms with E-state index in [4.69, 9.17) is 25.5 Å². The van der Waals surface area contributed by atoms with Crippen LogP contribution in [0, 0.1) is 11.3 Å². The first-order chi connectivity index (χ1) is 19.2. The molecule has 0 radical (unpaired) electrons. The second-order valence-corrected chi connectivity index (χ2v) is 9.01. The van der Waals surface area contributed by atoms with Crippen molar-refractivity contribution in [3.8, 4) is 40.0 Å². The Hall–Kier alpha value is -4.79. The predicted octanol–water partition coefficient (Wildman–Crippen LogP) is 8.87. The first kappa shape index (κ1) is 25.8. The van der Waals surface area contributed by atoms with E-state index in [-0.39, 0.29) is 5.88 Å². The second kappa shape index (κ2) is 12.2. The molecule has 0 bridgehead atoms. The SMILES string of the molecule is CCOc1cc(C=Nc2oc(-c3ccccc3)c(-c3ccccc3)c2C#N)ccc1OCc1ccccc1Cl. The second-order valence-electron chi connectivity index (χ2n) is 8.61. The van der Waals surface area contributed by atoms with Crippen LogP contribution >= 0.6 is 11.6 Å². The Balaban J connectivity index is 1.48. The van der Waals surface area contributed by atoms with Crippen LogP contribution in [0.4, 0.5) is 5.88 Å². The van der Waals surface area contributed by atoms with Gasteiger partial charge >= 0.3 is 0 Å². The Labute approximate surface area is 232 Å². The number of hydrogen-bond donors (Lipinski definition) is 0. The highest BCUT2D eigenvalue weighted by molar-refractivity contribution is 6.31. The highest BCUT2D eigenvalue weighted by Crippen LogP contribution is 2.42. The number of benzene rings is 4. The molecule has 0 amide bonds. The maximum Gasteiger partial charge on any atom is 0.238 e. The third-order valence-corrected chi connectivity index (χ3v) is 6.41. The van der Waals surface area contributed by atoms with Gasteiger partial charge in [-0.15, -0.1) is 0 Å². The van der Waals surface area contributed by atoms with Crippen LogP contribution in [-0.4, -0.2) is 12.8 Å². The largest absolute Gasteiger partial charge is 0.490 e. The molecule has 1 aromatic heterocycles. The lowest BCUT2D eigenvalue weighted by atomic mass is 9.98. The van der Waals surface area contributed by atoms with Crippen LogP contribution in [0.1, 0.15) is 23.6 Å². The third kappa shape index (κ3) is 5.87. The van der Waals surface area contributed by atoms with E-state index >= 15 is 0 Å². The lowest BCUT2D eigenvalue weighted by Gasteiger charge is -2.13. The molecule has 0 saturated carbocycles. The molecule has 192 valence electrons. The van der Waals surface area contributed by atoms with Crippen molar-refractivity contribution < 1.29 is 13.9 Å². The number of nitriles is 1. The van der Waals surface area contributed by atoms with Crippen LogP contribution in [0.2, 0.25) is 5.02 Å². The molecule has 0 fully saturated rings. The normalized spacial score (nSPS) is 10.9. The van der Waals surface area contributed by atoms with Gasteiger partial charge in [-0.05, 0) is 42.3 Å². The minimum absolute atomic E-state index is 0.243. The summed E-state index contributed by atoms with van der Waals surface area (Å²) in [6.45, 7) is 2.70. The van der Waals surface area contributed by atoms with Crippen LogP contribution < -0.4 is 9.47 Å². The number of nitrogens with zero attached hydrogens (tertiary/aromatic N) is 2. The first-order valence-electron chi connectivity index (χ1n) is 12.5. The average molecular weight is 533 g/mol. The summed E-state index contributed by atoms with van der Waals surface area (Å²) < 4.78 is 18.1. The van der Waals surface area contributed by atoms with Crippen LogP contribution in [0.3, 0.4) is 0 Å². The van der Waals surface area contributed by atoms with E-state index in [0.29, 0.717) is 41.1 Å². The van der Waals surface area contributed by atoms with Gasteiger partial charge in [0.25, 0.3) is 0 Å². The molecule has 0 aliphatic heterocycles. The topological polar surface area (TPSA) is 67.8 Å². The van der Waals surface area contributed by atoms with Gasteiger partial charge in [-0.3, -0.25) is 0 Å². The zero-order valence-corrected chi connectivity index (χ0v) is 22.1. The van der Waals surface area contributed by atoms with Gasteiger partial charge in [-0.1, -0.05) is 90.5 Å². The van der Waals surface area contributed by atoms with E-state index in [0.717, 1.165) is 27.8 Å². The van der Waals surface area contributed by atoms with E-state index in [1.165, 1.54) is 0 Å². The average Bonchev–Trinajstić information content (AvgIpc) is 3.36. The summed E-state index contributed by atoms with van der Waals surface area (Å²) in [6.07, 6.45) is 1.66. The quantitative estimate of drug-likeness (QED) is 0.178. The molecule has 0 unspecified atom stereocenters. The Kier molecular flexibility index (Phi) is 8.06. The van der Waals surface area contributed by atoms with Crippen molar-refractivity contribution in [2.45, 2.75) is 13.5 Å². The van der Waals surface area contributed by atoms with Crippen LogP contribution in [0.15, 0.2) is 113 Å². The highest BCUT2D eigenvalue weighted by Gasteiger charge is 2.22. The Morgan fingerprint density at radius 2 is 1.54 bits per heavy atom. The number of rotatable bonds is 9. The van der Waals surface area contributed by atoms with E-state index in [2.05, 4.69) is 11.1 Å². The summed E-state index contributed by atoms with van der Waals surface area (Å²) in [5.41, 5.74) is 4.50. The number of furan rings is 1. The Morgan fingerprint density at radius 1 is 0.846 bits per heavy atom. The molecule has 1 heterocycles. The summed E-state index contributed by atoms with van der Waals surface area (Å²) in [4.78, 5) is 4.59. The van der Waals surface area contributed by atoms with Gasteiger partial charge < -0.3 is 13.9 Å². The minimum Gasteiger partial charge on any atom is -0.490 e. The van der Waals surface area contributed by atoms with Gasteiger partial charge in [0.05, 0.1) is 6.61 Å². The fraction of sp³-hybridized carbons (Fsp3) is 0.0909. The third-order valence-electron chi connectivity index (χ3n) is 6.04. The molecule has 6 heteroatoms. The number of hydrogen-bond acceptors (Lipinski definition) is 5. The van der Waals surface area contributed by atoms with Gasteiger partial charge in [0.1, 0.15) is 24.0 Å².